The van der Waals surface area contributed by atoms with Gasteiger partial charge >= 0.3 is 5.97 Å². The lowest BCUT2D eigenvalue weighted by molar-refractivity contribution is -0.132. The van der Waals surface area contributed by atoms with Crippen LogP contribution in [0.25, 0.3) is 5.76 Å². The van der Waals surface area contributed by atoms with Crippen molar-refractivity contribution in [2.45, 2.75) is 26.3 Å². The van der Waals surface area contributed by atoms with Crippen LogP contribution in [0.15, 0.2) is 72.3 Å². The van der Waals surface area contributed by atoms with E-state index >= 15 is 0 Å². The molecular weight excluding hydrogens is 474 g/mol. The van der Waals surface area contributed by atoms with Gasteiger partial charge in [0.15, 0.2) is 0 Å². The molecule has 0 radical (unpaired) electrons. The zero-order chi connectivity index (χ0) is 26.7. The number of anilines is 1. The van der Waals surface area contributed by atoms with Crippen molar-refractivity contribution in [3.8, 4) is 11.5 Å². The molecule has 1 unspecified atom stereocenters. The number of esters is 1. The number of aryl methyl sites for hydroxylation is 1. The second kappa shape index (κ2) is 10.6. The van der Waals surface area contributed by atoms with Gasteiger partial charge in [-0.2, -0.15) is 0 Å². The second-order valence-corrected chi connectivity index (χ2v) is 8.63. The third kappa shape index (κ3) is 4.91. The van der Waals surface area contributed by atoms with Gasteiger partial charge in [-0.3, -0.25) is 14.5 Å². The van der Waals surface area contributed by atoms with E-state index in [9.17, 15) is 24.6 Å². The Morgan fingerprint density at radius 1 is 0.973 bits per heavy atom. The van der Waals surface area contributed by atoms with Gasteiger partial charge < -0.3 is 19.7 Å². The summed E-state index contributed by atoms with van der Waals surface area (Å²) in [6.45, 7) is 3.99. The summed E-state index contributed by atoms with van der Waals surface area (Å²) in [6, 6.07) is 16.2. The summed E-state index contributed by atoms with van der Waals surface area (Å²) in [6.07, 6.45) is 0.689. The molecule has 1 saturated heterocycles. The van der Waals surface area contributed by atoms with Crippen molar-refractivity contribution in [1.82, 2.24) is 0 Å². The van der Waals surface area contributed by atoms with E-state index in [1.165, 1.54) is 36.3 Å². The van der Waals surface area contributed by atoms with E-state index in [4.69, 9.17) is 9.47 Å². The molecule has 1 amide bonds. The molecule has 0 spiro atoms. The van der Waals surface area contributed by atoms with E-state index in [1.807, 2.05) is 6.92 Å². The molecule has 1 aliphatic heterocycles. The number of phenolic OH excluding ortho intramolecular Hbond substituents is 1. The first-order chi connectivity index (χ1) is 17.8. The fourth-order valence-corrected chi connectivity index (χ4v) is 4.29. The number of hydrogen-bond acceptors (Lipinski definition) is 7. The zero-order valence-electron chi connectivity index (χ0n) is 20.7. The van der Waals surface area contributed by atoms with E-state index in [0.29, 0.717) is 41.2 Å². The van der Waals surface area contributed by atoms with Crippen LogP contribution in [-0.2, 0) is 14.3 Å². The van der Waals surface area contributed by atoms with Crippen LogP contribution in [0.3, 0.4) is 0 Å². The Morgan fingerprint density at radius 3 is 2.22 bits per heavy atom. The smallest absolute Gasteiger partial charge is 0.338 e. The standard InChI is InChI=1S/C29H27NO7/c1-4-15-37-29(35)19-5-10-21(11-6-19)30-25(18-7-12-22(31)13-8-18)24(27(33)28(30)34)26(32)20-9-14-23(36-3)17(2)16-20/h5-14,16,25,31-32H,4,15H2,1-3H3/b26-24-. The number of carbonyl (C=O) groups is 3. The number of ketones is 1. The normalized spacial score (nSPS) is 16.6. The summed E-state index contributed by atoms with van der Waals surface area (Å²) in [5.74, 6) is -1.86. The number of hydrogen-bond donors (Lipinski definition) is 2. The molecule has 3 aromatic rings. The number of benzene rings is 3. The molecule has 190 valence electrons. The molecule has 2 N–H and O–H groups in total. The van der Waals surface area contributed by atoms with Gasteiger partial charge in [0.1, 0.15) is 17.3 Å². The Kier molecular flexibility index (Phi) is 7.29. The second-order valence-electron chi connectivity index (χ2n) is 8.63. The minimum Gasteiger partial charge on any atom is -0.508 e. The lowest BCUT2D eigenvalue weighted by Gasteiger charge is -2.25. The molecule has 4 rings (SSSR count). The number of phenols is 1. The number of amides is 1. The lowest BCUT2D eigenvalue weighted by Crippen LogP contribution is -2.29. The maximum absolute atomic E-state index is 13.3. The zero-order valence-corrected chi connectivity index (χ0v) is 20.7. The quantitative estimate of drug-likeness (QED) is 0.205. The van der Waals surface area contributed by atoms with Crippen LogP contribution >= 0.6 is 0 Å². The van der Waals surface area contributed by atoms with Crippen LogP contribution in [0.2, 0.25) is 0 Å². The number of nitrogens with zero attached hydrogens (tertiary/aromatic N) is 1. The Hall–Kier alpha value is -4.59. The number of ether oxygens (including phenoxy) is 2. The average molecular weight is 502 g/mol. The van der Waals surface area contributed by atoms with Gasteiger partial charge in [-0.15, -0.1) is 0 Å². The first kappa shape index (κ1) is 25.5. The van der Waals surface area contributed by atoms with Crippen molar-refractivity contribution in [1.29, 1.82) is 0 Å². The number of methoxy groups -OCH3 is 1. The Bertz CT molecular complexity index is 1370. The highest BCUT2D eigenvalue weighted by atomic mass is 16.5. The van der Waals surface area contributed by atoms with E-state index < -0.39 is 23.7 Å². The number of Topliss-reactive ketones (excluding diaryl/α,β-unsaturated/α-hetero) is 1. The molecule has 1 atom stereocenters. The molecule has 37 heavy (non-hydrogen) atoms. The van der Waals surface area contributed by atoms with Gasteiger partial charge in [0.25, 0.3) is 11.7 Å². The molecule has 1 aliphatic rings. The average Bonchev–Trinajstić information content (AvgIpc) is 3.17. The predicted molar refractivity (Wildman–Crippen MR) is 138 cm³/mol. The van der Waals surface area contributed by atoms with Gasteiger partial charge in [0, 0.05) is 11.3 Å². The fraction of sp³-hybridized carbons (Fsp3) is 0.207. The van der Waals surface area contributed by atoms with Crippen molar-refractivity contribution in [2.75, 3.05) is 18.6 Å². The van der Waals surface area contributed by atoms with Crippen LogP contribution in [0.5, 0.6) is 11.5 Å². The highest BCUT2D eigenvalue weighted by Gasteiger charge is 2.47. The molecule has 0 aliphatic carbocycles. The third-order valence-electron chi connectivity index (χ3n) is 6.14. The topological polar surface area (TPSA) is 113 Å². The first-order valence-electron chi connectivity index (χ1n) is 11.8. The molecular formula is C29H27NO7. The van der Waals surface area contributed by atoms with E-state index in [0.717, 1.165) is 5.56 Å². The maximum Gasteiger partial charge on any atom is 0.338 e. The summed E-state index contributed by atoms with van der Waals surface area (Å²) >= 11 is 0. The molecule has 8 nitrogen and oxygen atoms in total. The Morgan fingerprint density at radius 2 is 1.62 bits per heavy atom. The predicted octanol–water partition coefficient (Wildman–Crippen LogP) is 4.90. The van der Waals surface area contributed by atoms with Crippen molar-refractivity contribution in [2.24, 2.45) is 0 Å². The first-order valence-corrected chi connectivity index (χ1v) is 11.8. The van der Waals surface area contributed by atoms with E-state index in [2.05, 4.69) is 0 Å². The van der Waals surface area contributed by atoms with Crippen LogP contribution in [0, 0.1) is 6.92 Å². The Balaban J connectivity index is 1.83. The SMILES string of the molecule is CCCOC(=O)c1ccc(N2C(=O)C(=O)/C(=C(\O)c3ccc(OC)c(C)c3)C2c2ccc(O)cc2)cc1. The monoisotopic (exact) mass is 501 g/mol. The minimum atomic E-state index is -0.971. The third-order valence-corrected chi connectivity index (χ3v) is 6.14. The van der Waals surface area contributed by atoms with Crippen molar-refractivity contribution < 1.29 is 34.1 Å². The summed E-state index contributed by atoms with van der Waals surface area (Å²) in [7, 11) is 1.53. The summed E-state index contributed by atoms with van der Waals surface area (Å²) in [5.41, 5.74) is 2.18. The fourth-order valence-electron chi connectivity index (χ4n) is 4.29. The van der Waals surface area contributed by atoms with Crippen molar-refractivity contribution >= 4 is 29.1 Å². The van der Waals surface area contributed by atoms with Crippen molar-refractivity contribution in [3.63, 3.8) is 0 Å². The summed E-state index contributed by atoms with van der Waals surface area (Å²) in [5, 5.41) is 21.1. The maximum atomic E-state index is 13.3. The number of carbonyl (C=O) groups excluding carboxylic acids is 3. The number of aliphatic hydroxyl groups excluding tert-OH is 1. The summed E-state index contributed by atoms with van der Waals surface area (Å²) in [4.78, 5) is 40.1. The van der Waals surface area contributed by atoms with Crippen LogP contribution < -0.4 is 9.64 Å². The number of aliphatic hydroxyl groups is 1. The number of rotatable bonds is 7. The van der Waals surface area contributed by atoms with E-state index in [-0.39, 0.29) is 17.1 Å². The molecule has 1 heterocycles. The summed E-state index contributed by atoms with van der Waals surface area (Å²) < 4.78 is 10.4. The molecule has 0 aromatic heterocycles. The largest absolute Gasteiger partial charge is 0.508 e. The van der Waals surface area contributed by atoms with Gasteiger partial charge in [0.05, 0.1) is 30.9 Å². The highest BCUT2D eigenvalue weighted by molar-refractivity contribution is 6.51. The van der Waals surface area contributed by atoms with Gasteiger partial charge in [-0.05, 0) is 79.1 Å². The Labute approximate surface area is 214 Å². The minimum absolute atomic E-state index is 0.0152. The molecule has 8 heteroatoms. The van der Waals surface area contributed by atoms with Gasteiger partial charge in [-0.25, -0.2) is 4.79 Å². The van der Waals surface area contributed by atoms with Crippen LogP contribution in [0.4, 0.5) is 5.69 Å². The van der Waals surface area contributed by atoms with Crippen molar-refractivity contribution in [3.05, 3.63) is 94.6 Å². The molecule has 0 saturated carbocycles. The lowest BCUT2D eigenvalue weighted by atomic mass is 9.94. The highest BCUT2D eigenvalue weighted by Crippen LogP contribution is 2.42. The van der Waals surface area contributed by atoms with Gasteiger partial charge in [-0.1, -0.05) is 19.1 Å². The molecule has 0 bridgehead atoms. The van der Waals surface area contributed by atoms with Gasteiger partial charge in [0.2, 0.25) is 0 Å². The van der Waals surface area contributed by atoms with Crippen LogP contribution in [0.1, 0.15) is 46.4 Å². The van der Waals surface area contributed by atoms with Crippen LogP contribution in [-0.4, -0.2) is 41.6 Å². The van der Waals surface area contributed by atoms with E-state index in [1.54, 1.807) is 49.4 Å². The molecule has 3 aromatic carbocycles. The molecule has 1 fully saturated rings. The number of aromatic hydroxyl groups is 1.